The first-order valence-corrected chi connectivity index (χ1v) is 6.95. The van der Waals surface area contributed by atoms with E-state index in [1.807, 2.05) is 6.07 Å². The van der Waals surface area contributed by atoms with Crippen molar-refractivity contribution in [3.63, 3.8) is 0 Å². The monoisotopic (exact) mass is 244 g/mol. The Morgan fingerprint density at radius 2 is 1.89 bits per heavy atom. The molecule has 4 rings (SSSR count). The number of fused-ring (bicyclic) bond motifs is 3. The molecule has 18 heavy (non-hydrogen) atoms. The maximum absolute atomic E-state index is 6.51. The second-order valence-corrected chi connectivity index (χ2v) is 6.14. The summed E-state index contributed by atoms with van der Waals surface area (Å²) in [7, 11) is 2.25. The van der Waals surface area contributed by atoms with E-state index in [1.165, 1.54) is 18.4 Å². The van der Waals surface area contributed by atoms with E-state index in [0.717, 1.165) is 18.6 Å². The smallest absolute Gasteiger partial charge is 0.131 e. The molecule has 3 heterocycles. The summed E-state index contributed by atoms with van der Waals surface area (Å²) in [4.78, 5) is 2.53. The lowest BCUT2D eigenvalue weighted by atomic mass is 9.80. The van der Waals surface area contributed by atoms with Crippen LogP contribution in [0, 0.1) is 0 Å². The van der Waals surface area contributed by atoms with Crippen LogP contribution in [0.3, 0.4) is 0 Å². The normalized spacial score (nSPS) is 42.0. The van der Waals surface area contributed by atoms with E-state index in [2.05, 4.69) is 30.1 Å². The number of benzene rings is 1. The molecule has 1 aromatic carbocycles. The molecule has 0 amide bonds. The average molecular weight is 244 g/mol. The summed E-state index contributed by atoms with van der Waals surface area (Å²) in [5, 5.41) is 0. The van der Waals surface area contributed by atoms with E-state index in [0.29, 0.717) is 12.1 Å². The van der Waals surface area contributed by atoms with Crippen molar-refractivity contribution in [1.82, 2.24) is 4.90 Å². The van der Waals surface area contributed by atoms with E-state index in [9.17, 15) is 0 Å². The fourth-order valence-electron chi connectivity index (χ4n) is 4.20. The zero-order valence-electron chi connectivity index (χ0n) is 10.8. The summed E-state index contributed by atoms with van der Waals surface area (Å²) in [6, 6.07) is 9.64. The summed E-state index contributed by atoms with van der Waals surface area (Å²) in [5.74, 6) is 1.01. The van der Waals surface area contributed by atoms with Gasteiger partial charge in [-0.1, -0.05) is 18.2 Å². The minimum atomic E-state index is -0.137. The molecular weight excluding hydrogens is 224 g/mol. The predicted molar refractivity (Wildman–Crippen MR) is 70.5 cm³/mol. The van der Waals surface area contributed by atoms with Crippen LogP contribution >= 0.6 is 0 Å². The molecule has 3 atom stereocenters. The minimum Gasteiger partial charge on any atom is -0.485 e. The number of nitrogens with two attached hydrogens (primary N) is 1. The fraction of sp³-hybridized carbons (Fsp3) is 0.600. The van der Waals surface area contributed by atoms with Crippen molar-refractivity contribution in [3.8, 4) is 5.75 Å². The highest BCUT2D eigenvalue weighted by Crippen LogP contribution is 2.52. The number of ether oxygens (including phenoxy) is 1. The van der Waals surface area contributed by atoms with Crippen LogP contribution in [0.2, 0.25) is 0 Å². The van der Waals surface area contributed by atoms with Crippen LogP contribution in [0.1, 0.15) is 37.3 Å². The lowest BCUT2D eigenvalue weighted by molar-refractivity contribution is -0.0244. The zero-order valence-corrected chi connectivity index (χ0v) is 10.8. The third-order valence-electron chi connectivity index (χ3n) is 5.28. The van der Waals surface area contributed by atoms with Crippen LogP contribution < -0.4 is 10.5 Å². The Hall–Kier alpha value is -1.06. The SMILES string of the molecule is CN1[C@@H]2CC[C@@H]1CC1(C2)Oc2ccccc2[C@H]1N. The number of rotatable bonds is 0. The molecule has 0 radical (unpaired) electrons. The molecule has 2 N–H and O–H groups in total. The summed E-state index contributed by atoms with van der Waals surface area (Å²) in [6.07, 6.45) is 4.76. The van der Waals surface area contributed by atoms with Crippen molar-refractivity contribution in [1.29, 1.82) is 0 Å². The molecule has 3 aliphatic rings. The first-order chi connectivity index (χ1) is 8.70. The van der Waals surface area contributed by atoms with Gasteiger partial charge in [-0.05, 0) is 26.0 Å². The van der Waals surface area contributed by atoms with Crippen molar-refractivity contribution >= 4 is 0 Å². The van der Waals surface area contributed by atoms with Gasteiger partial charge in [0.2, 0.25) is 0 Å². The van der Waals surface area contributed by atoms with Gasteiger partial charge in [0.05, 0.1) is 6.04 Å². The zero-order chi connectivity index (χ0) is 12.3. The molecule has 2 saturated heterocycles. The average Bonchev–Trinajstić information content (AvgIpc) is 2.75. The van der Waals surface area contributed by atoms with Gasteiger partial charge in [0, 0.05) is 30.5 Å². The van der Waals surface area contributed by atoms with Crippen LogP contribution in [0.15, 0.2) is 24.3 Å². The van der Waals surface area contributed by atoms with Gasteiger partial charge in [0.25, 0.3) is 0 Å². The summed E-state index contributed by atoms with van der Waals surface area (Å²) < 4.78 is 6.33. The summed E-state index contributed by atoms with van der Waals surface area (Å²) in [6.45, 7) is 0. The number of para-hydroxylation sites is 1. The quantitative estimate of drug-likeness (QED) is 0.759. The standard InChI is InChI=1S/C15H20N2O/c1-17-10-6-7-11(17)9-15(8-10)14(16)12-4-2-3-5-13(12)18-15/h2-5,10-11,14H,6-9,16H2,1H3/t10-,11-,14-/m1/s1. The van der Waals surface area contributed by atoms with Gasteiger partial charge in [0.1, 0.15) is 11.4 Å². The molecule has 0 aliphatic carbocycles. The first kappa shape index (κ1) is 10.8. The molecule has 96 valence electrons. The van der Waals surface area contributed by atoms with E-state index in [1.54, 1.807) is 0 Å². The van der Waals surface area contributed by atoms with Gasteiger partial charge in [-0.15, -0.1) is 0 Å². The van der Waals surface area contributed by atoms with Crippen molar-refractivity contribution in [3.05, 3.63) is 29.8 Å². The van der Waals surface area contributed by atoms with Crippen molar-refractivity contribution in [2.75, 3.05) is 7.05 Å². The molecule has 0 aromatic heterocycles. The summed E-state index contributed by atoms with van der Waals surface area (Å²) >= 11 is 0. The van der Waals surface area contributed by atoms with E-state index >= 15 is 0 Å². The Bertz CT molecular complexity index is 473. The van der Waals surface area contributed by atoms with Gasteiger partial charge in [0.15, 0.2) is 0 Å². The molecule has 2 bridgehead atoms. The van der Waals surface area contributed by atoms with Gasteiger partial charge in [-0.3, -0.25) is 0 Å². The lowest BCUT2D eigenvalue weighted by Gasteiger charge is -2.44. The van der Waals surface area contributed by atoms with Crippen LogP contribution in [0.4, 0.5) is 0 Å². The van der Waals surface area contributed by atoms with Crippen molar-refractivity contribution in [2.24, 2.45) is 5.73 Å². The van der Waals surface area contributed by atoms with Gasteiger partial charge < -0.3 is 15.4 Å². The van der Waals surface area contributed by atoms with Crippen LogP contribution in [-0.2, 0) is 0 Å². The van der Waals surface area contributed by atoms with Crippen molar-refractivity contribution in [2.45, 2.75) is 49.4 Å². The van der Waals surface area contributed by atoms with Gasteiger partial charge in [-0.25, -0.2) is 0 Å². The molecule has 0 unspecified atom stereocenters. The molecule has 1 spiro atoms. The Morgan fingerprint density at radius 3 is 2.56 bits per heavy atom. The highest BCUT2D eigenvalue weighted by atomic mass is 16.5. The maximum atomic E-state index is 6.51. The van der Waals surface area contributed by atoms with Gasteiger partial charge >= 0.3 is 0 Å². The number of nitrogens with zero attached hydrogens (tertiary/aromatic N) is 1. The molecule has 0 saturated carbocycles. The minimum absolute atomic E-state index is 0.0468. The third-order valence-corrected chi connectivity index (χ3v) is 5.28. The molecule has 2 fully saturated rings. The fourth-order valence-corrected chi connectivity index (χ4v) is 4.20. The summed E-state index contributed by atoms with van der Waals surface area (Å²) in [5.41, 5.74) is 7.57. The number of hydrogen-bond donors (Lipinski definition) is 1. The Labute approximate surface area is 108 Å². The first-order valence-electron chi connectivity index (χ1n) is 6.95. The van der Waals surface area contributed by atoms with E-state index in [-0.39, 0.29) is 11.6 Å². The number of piperidine rings is 1. The maximum Gasteiger partial charge on any atom is 0.131 e. The Kier molecular flexibility index (Phi) is 2.10. The topological polar surface area (TPSA) is 38.5 Å². The second-order valence-electron chi connectivity index (χ2n) is 6.14. The lowest BCUT2D eigenvalue weighted by Crippen LogP contribution is -2.55. The number of hydrogen-bond acceptors (Lipinski definition) is 3. The molecule has 3 nitrogen and oxygen atoms in total. The van der Waals surface area contributed by atoms with Crippen LogP contribution in [-0.4, -0.2) is 29.6 Å². The Morgan fingerprint density at radius 1 is 1.22 bits per heavy atom. The van der Waals surface area contributed by atoms with Crippen LogP contribution in [0.25, 0.3) is 0 Å². The Balaban J connectivity index is 1.72. The van der Waals surface area contributed by atoms with Gasteiger partial charge in [-0.2, -0.15) is 0 Å². The van der Waals surface area contributed by atoms with E-state index < -0.39 is 0 Å². The molecule has 3 aliphatic heterocycles. The molecular formula is C15H20N2O. The molecule has 1 aromatic rings. The third kappa shape index (κ3) is 1.26. The highest BCUT2D eigenvalue weighted by molar-refractivity contribution is 5.43. The van der Waals surface area contributed by atoms with Crippen LogP contribution in [0.5, 0.6) is 5.75 Å². The van der Waals surface area contributed by atoms with E-state index in [4.69, 9.17) is 10.5 Å². The largest absolute Gasteiger partial charge is 0.485 e. The second kappa shape index (κ2) is 3.49. The molecule has 3 heteroatoms. The van der Waals surface area contributed by atoms with Crippen molar-refractivity contribution < 1.29 is 4.74 Å². The predicted octanol–water partition coefficient (Wildman–Crippen LogP) is 2.07. The highest BCUT2D eigenvalue weighted by Gasteiger charge is 2.55.